The molecule has 0 saturated carbocycles. The molecule has 272 valence electrons. The number of amides is 1. The molecular weight excluding hydrogens is 698 g/mol. The van der Waals surface area contributed by atoms with Gasteiger partial charge in [-0.05, 0) is 59.7 Å². The zero-order valence-corrected chi connectivity index (χ0v) is 27.6. The normalized spacial score (nSPS) is 23.7. The van der Waals surface area contributed by atoms with E-state index in [4.69, 9.17) is 16.4 Å². The number of piperidine rings is 1. The Bertz CT molecular complexity index is 2840. The maximum atomic E-state index is 15.3. The van der Waals surface area contributed by atoms with Crippen molar-refractivity contribution in [1.29, 1.82) is 0 Å². The molecule has 4 aromatic carbocycles. The van der Waals surface area contributed by atoms with Gasteiger partial charge >= 0.3 is 6.18 Å². The van der Waals surface area contributed by atoms with Crippen LogP contribution in [-0.2, 0) is 34.6 Å². The van der Waals surface area contributed by atoms with Crippen molar-refractivity contribution in [3.05, 3.63) is 135 Å². The predicted octanol–water partition coefficient (Wildman–Crippen LogP) is 8.40. The quantitative estimate of drug-likeness (QED) is 0.0947. The van der Waals surface area contributed by atoms with Gasteiger partial charge in [0.25, 0.3) is 0 Å². The second-order valence-electron chi connectivity index (χ2n) is 11.1. The Balaban J connectivity index is 1.57. The van der Waals surface area contributed by atoms with Crippen molar-refractivity contribution < 1.29 is 54.8 Å². The Hall–Kier alpha value is -4.52. The minimum Gasteiger partial charge on any atom is -0.383 e. The number of hydrogen-bond donors (Lipinski definition) is 0. The molecule has 12 heteroatoms. The summed E-state index contributed by atoms with van der Waals surface area (Å²) in [4.78, 5) is 29.1. The SMILES string of the molecule is [2H]c1c([2H])c([2H])c2c(c1[2H])c(=O)c([2H])c(SCc1cccc(F)c1F)n2CC(=O)N(Cc1ccc(-c2ccc(C(F)(F)F)cc2)cc1)C1([2H])C([2H])([2H])C([2H])([2H])N(CCOC([2H])([2H])[2H])C([2H])([2H])C1([2H])[2H]. The first-order valence-corrected chi connectivity index (χ1v) is 16.3. The van der Waals surface area contributed by atoms with E-state index in [1.54, 1.807) is 0 Å². The van der Waals surface area contributed by atoms with E-state index in [-0.39, 0.29) is 32.1 Å². The van der Waals surface area contributed by atoms with Crippen molar-refractivity contribution in [2.24, 2.45) is 0 Å². The fourth-order valence-electron chi connectivity index (χ4n) is 5.11. The number of thioether (sulfide) groups is 1. The van der Waals surface area contributed by atoms with E-state index in [2.05, 4.69) is 4.74 Å². The number of fused-ring (bicyclic) bond motifs is 1. The molecule has 0 spiro atoms. The molecule has 1 aromatic heterocycles. The van der Waals surface area contributed by atoms with Crippen LogP contribution in [0.3, 0.4) is 0 Å². The number of para-hydroxylation sites is 1. The molecular formula is C40H38F5N3O3S. The molecule has 0 aliphatic carbocycles. The topological polar surface area (TPSA) is 54.8 Å². The van der Waals surface area contributed by atoms with Gasteiger partial charge in [-0.1, -0.05) is 60.6 Å². The van der Waals surface area contributed by atoms with Gasteiger partial charge in [0.05, 0.1) is 35.0 Å². The Morgan fingerprint density at radius 2 is 1.73 bits per heavy atom. The minimum atomic E-state index is -4.66. The largest absolute Gasteiger partial charge is 0.416 e. The Morgan fingerprint density at radius 1 is 1.04 bits per heavy atom. The molecule has 0 unspecified atom stereocenters. The van der Waals surface area contributed by atoms with E-state index in [0.717, 1.165) is 42.5 Å². The number of benzene rings is 4. The van der Waals surface area contributed by atoms with Crippen LogP contribution in [0.4, 0.5) is 22.0 Å². The van der Waals surface area contributed by atoms with Crippen molar-refractivity contribution in [2.75, 3.05) is 33.2 Å². The molecule has 6 nitrogen and oxygen atoms in total. The van der Waals surface area contributed by atoms with Crippen LogP contribution in [0, 0.1) is 11.6 Å². The van der Waals surface area contributed by atoms with E-state index in [9.17, 15) is 33.6 Å². The summed E-state index contributed by atoms with van der Waals surface area (Å²) in [6.07, 6.45) is -12.8. The summed E-state index contributed by atoms with van der Waals surface area (Å²) in [6, 6.07) is 3.14. The van der Waals surface area contributed by atoms with Gasteiger partial charge in [0, 0.05) is 72.9 Å². The number of aromatic nitrogens is 1. The fourth-order valence-corrected chi connectivity index (χ4v) is 6.10. The Kier molecular flexibility index (Phi) is 6.72. The molecule has 2 heterocycles. The number of pyridine rings is 1. The highest BCUT2D eigenvalue weighted by Gasteiger charge is 2.31. The number of alkyl halides is 3. The van der Waals surface area contributed by atoms with Gasteiger partial charge < -0.3 is 19.1 Å². The third kappa shape index (κ3) is 8.74. The summed E-state index contributed by atoms with van der Waals surface area (Å²) in [5.41, 5.74) is -2.93. The highest BCUT2D eigenvalue weighted by atomic mass is 32.2. The smallest absolute Gasteiger partial charge is 0.383 e. The van der Waals surface area contributed by atoms with Crippen LogP contribution in [0.1, 0.15) is 52.7 Å². The number of methoxy groups -OCH3 is 1. The van der Waals surface area contributed by atoms with Crippen LogP contribution in [-0.4, -0.2) is 59.5 Å². The van der Waals surface area contributed by atoms with Crippen LogP contribution in [0.25, 0.3) is 22.0 Å². The van der Waals surface area contributed by atoms with Gasteiger partial charge in [-0.3, -0.25) is 9.59 Å². The number of nitrogens with zero attached hydrogens (tertiary/aromatic N) is 3. The van der Waals surface area contributed by atoms with Crippen molar-refractivity contribution >= 4 is 28.6 Å². The molecule has 1 aliphatic heterocycles. The first-order chi connectivity index (χ1) is 31.6. The fraction of sp³-hybridized carbons (Fsp3) is 0.300. The molecule has 1 saturated heterocycles. The third-order valence-electron chi connectivity index (χ3n) is 7.77. The number of rotatable bonds is 12. The number of carbonyl (C=O) groups is 1. The second-order valence-corrected chi connectivity index (χ2v) is 12.1. The average Bonchev–Trinajstić information content (AvgIpc) is 3.26. The monoisotopic (exact) mass is 752 g/mol. The number of ether oxygens (including phenoxy) is 1. The molecule has 1 amide bonds. The molecule has 0 atom stereocenters. The van der Waals surface area contributed by atoms with E-state index in [0.29, 0.717) is 16.3 Å². The van der Waals surface area contributed by atoms with Crippen LogP contribution in [0.15, 0.2) is 107 Å². The molecule has 0 N–H and O–H groups in total. The number of carbonyl (C=O) groups excluding carboxylic acids is 1. The van der Waals surface area contributed by atoms with Gasteiger partial charge in [0.2, 0.25) is 5.91 Å². The summed E-state index contributed by atoms with van der Waals surface area (Å²) < 4.78 is 222. The lowest BCUT2D eigenvalue weighted by atomic mass is 10.00. The summed E-state index contributed by atoms with van der Waals surface area (Å²) in [7, 11) is -3.12. The van der Waals surface area contributed by atoms with Crippen LogP contribution in [0.2, 0.25) is 0 Å². The molecule has 0 bridgehead atoms. The predicted molar refractivity (Wildman–Crippen MR) is 193 cm³/mol. The number of halogens is 5. The Labute approximate surface area is 326 Å². The first kappa shape index (κ1) is 21.2. The highest BCUT2D eigenvalue weighted by Crippen LogP contribution is 2.32. The average molecular weight is 753 g/mol. The van der Waals surface area contributed by atoms with Crippen molar-refractivity contribution in [3.63, 3.8) is 0 Å². The standard InChI is InChI=1S/C40H38F5N3O3S/c1-51-22-21-46-19-17-32(18-20-46)47(24-27-9-11-28(12-10-27)29-13-15-31(16-14-29)40(43,44)45)37(50)25-48-35-8-3-2-6-33(35)36(49)23-38(48)52-26-30-5-4-7-34(41)39(30)42/h2-16,23,32H,17-22,24-26H2,1H3/i1D3,2D,3D,6D,8D,17D2,18D2,19D2,20D2,23D,32D. The zero-order chi connectivity index (χ0) is 51.8. The van der Waals surface area contributed by atoms with Crippen LogP contribution in [0.5, 0.6) is 0 Å². The van der Waals surface area contributed by atoms with Gasteiger partial charge in [-0.2, -0.15) is 13.2 Å². The number of hydrogen-bond acceptors (Lipinski definition) is 5. The third-order valence-corrected chi connectivity index (χ3v) is 8.82. The second kappa shape index (κ2) is 16.4. The zero-order valence-electron chi connectivity index (χ0n) is 43.8. The van der Waals surface area contributed by atoms with Crippen LogP contribution >= 0.6 is 11.8 Å². The molecule has 6 rings (SSSR count). The number of likely N-dealkylation sites (tertiary alicyclic amines) is 1. The maximum Gasteiger partial charge on any atom is 0.416 e. The lowest BCUT2D eigenvalue weighted by Crippen LogP contribution is -2.48. The van der Waals surface area contributed by atoms with E-state index < -0.39 is 152 Å². The first-order valence-electron chi connectivity index (χ1n) is 23.8. The van der Waals surface area contributed by atoms with Crippen molar-refractivity contribution in [2.45, 2.75) is 48.8 Å². The van der Waals surface area contributed by atoms with E-state index >= 15 is 4.79 Å². The molecule has 1 fully saturated rings. The molecule has 5 aromatic rings. The lowest BCUT2D eigenvalue weighted by Gasteiger charge is -2.39. The van der Waals surface area contributed by atoms with Crippen molar-refractivity contribution in [3.8, 4) is 11.1 Å². The summed E-state index contributed by atoms with van der Waals surface area (Å²) in [6.45, 7) is -12.3. The maximum absolute atomic E-state index is 15.3. The van der Waals surface area contributed by atoms with Gasteiger partial charge in [0.15, 0.2) is 17.1 Å². The summed E-state index contributed by atoms with van der Waals surface area (Å²) >= 11 is 0.415. The van der Waals surface area contributed by atoms with Gasteiger partial charge in [0.1, 0.15) is 6.54 Å². The van der Waals surface area contributed by atoms with Crippen LogP contribution < -0.4 is 5.43 Å². The van der Waals surface area contributed by atoms with Gasteiger partial charge in [-0.15, -0.1) is 11.8 Å². The highest BCUT2D eigenvalue weighted by molar-refractivity contribution is 7.98. The molecule has 0 radical (unpaired) electrons. The summed E-state index contributed by atoms with van der Waals surface area (Å²) in [5, 5.41) is -1.48. The van der Waals surface area contributed by atoms with E-state index in [1.807, 2.05) is 0 Å². The lowest BCUT2D eigenvalue weighted by molar-refractivity contribution is -0.137. The minimum absolute atomic E-state index is 0.0295. The summed E-state index contributed by atoms with van der Waals surface area (Å²) in [5.74, 6) is -4.85. The van der Waals surface area contributed by atoms with Gasteiger partial charge in [-0.25, -0.2) is 8.78 Å². The molecule has 1 aliphatic rings. The van der Waals surface area contributed by atoms with E-state index in [1.165, 1.54) is 24.3 Å². The molecule has 52 heavy (non-hydrogen) atoms. The van der Waals surface area contributed by atoms with Crippen molar-refractivity contribution in [1.82, 2.24) is 14.4 Å². The Morgan fingerprint density at radius 3 is 2.42 bits per heavy atom.